The van der Waals surface area contributed by atoms with Gasteiger partial charge in [-0.25, -0.2) is 4.98 Å². The molecule has 1 aromatic heterocycles. The summed E-state index contributed by atoms with van der Waals surface area (Å²) in [5.41, 5.74) is -0.299. The summed E-state index contributed by atoms with van der Waals surface area (Å²) < 4.78 is 0. The van der Waals surface area contributed by atoms with E-state index in [1.807, 2.05) is 30.3 Å². The number of carbonyl (C=O) groups excluding carboxylic acids is 1. The molecule has 6 nitrogen and oxygen atoms in total. The van der Waals surface area contributed by atoms with Crippen LogP contribution in [0.15, 0.2) is 65.6 Å². The molecule has 0 saturated heterocycles. The molecule has 7 heteroatoms. The summed E-state index contributed by atoms with van der Waals surface area (Å²) in [5.74, 6) is 1.13. The summed E-state index contributed by atoms with van der Waals surface area (Å²) in [6.45, 7) is 4.70. The first-order valence-electron chi connectivity index (χ1n) is 14.1. The van der Waals surface area contributed by atoms with E-state index in [0.717, 1.165) is 48.4 Å². The molecule has 0 radical (unpaired) electrons. The van der Waals surface area contributed by atoms with Gasteiger partial charge >= 0.3 is 0 Å². The number of hydrogen-bond donors (Lipinski definition) is 3. The first-order valence-corrected chi connectivity index (χ1v) is 15.1. The maximum absolute atomic E-state index is 14.4. The lowest BCUT2D eigenvalue weighted by molar-refractivity contribution is -0.166. The average Bonchev–Trinajstić information content (AvgIpc) is 3.54. The number of rotatable bonds is 5. The molecule has 3 fully saturated rings. The Morgan fingerprint density at radius 2 is 1.79 bits per heavy atom. The van der Waals surface area contributed by atoms with Crippen molar-refractivity contribution in [1.29, 1.82) is 0 Å². The van der Waals surface area contributed by atoms with E-state index in [1.165, 1.54) is 18.1 Å². The number of thioether (sulfide) groups is 1. The van der Waals surface area contributed by atoms with Crippen molar-refractivity contribution < 1.29 is 15.0 Å². The van der Waals surface area contributed by atoms with Crippen LogP contribution in [-0.4, -0.2) is 48.6 Å². The highest BCUT2D eigenvalue weighted by molar-refractivity contribution is 7.99. The normalized spacial score (nSPS) is 44.7. The number of allylic oxidation sites excluding steroid dienone is 4. The average molecular weight is 532 g/mol. The highest BCUT2D eigenvalue weighted by Gasteiger charge is 2.74. The lowest BCUT2D eigenvalue weighted by Crippen LogP contribution is -2.67. The number of nitrogens with one attached hydrogen (secondary N) is 1. The van der Waals surface area contributed by atoms with E-state index >= 15 is 0 Å². The number of aromatic nitrogens is 3. The Morgan fingerprint density at radius 1 is 1.05 bits per heavy atom. The van der Waals surface area contributed by atoms with Crippen LogP contribution < -0.4 is 0 Å². The van der Waals surface area contributed by atoms with Gasteiger partial charge in [-0.1, -0.05) is 74.2 Å². The van der Waals surface area contributed by atoms with Crippen molar-refractivity contribution in [2.75, 3.05) is 5.75 Å². The molecular weight excluding hydrogens is 494 g/mol. The number of aromatic amines is 1. The van der Waals surface area contributed by atoms with Crippen molar-refractivity contribution in [3.05, 3.63) is 66.0 Å². The number of nitrogens with zero attached hydrogens (tertiary/aromatic N) is 2. The number of carbonyl (C=O) groups is 1. The Hall–Kier alpha value is -2.22. The van der Waals surface area contributed by atoms with Gasteiger partial charge in [0.25, 0.3) is 0 Å². The van der Waals surface area contributed by atoms with E-state index < -0.39 is 11.0 Å². The molecule has 6 aliphatic carbocycles. The van der Waals surface area contributed by atoms with Crippen molar-refractivity contribution >= 4 is 17.5 Å². The molecule has 3 saturated carbocycles. The van der Waals surface area contributed by atoms with Crippen LogP contribution in [-0.2, 0) is 0 Å². The van der Waals surface area contributed by atoms with Crippen molar-refractivity contribution in [2.24, 2.45) is 33.5 Å². The minimum absolute atomic E-state index is 0.0158. The zero-order valence-electron chi connectivity index (χ0n) is 22.2. The second-order valence-electron chi connectivity index (χ2n) is 13.1. The molecular formula is C31H37N3O3S. The van der Waals surface area contributed by atoms with Crippen molar-refractivity contribution in [3.8, 4) is 0 Å². The van der Waals surface area contributed by atoms with Crippen LogP contribution in [0.3, 0.4) is 0 Å². The Labute approximate surface area is 228 Å². The molecule has 8 atom stereocenters. The highest BCUT2D eigenvalue weighted by atomic mass is 32.2. The quantitative estimate of drug-likeness (QED) is 0.273. The molecule has 2 aromatic rings. The molecule has 2 bridgehead atoms. The Bertz CT molecular complexity index is 1330. The lowest BCUT2D eigenvalue weighted by Gasteiger charge is -2.71. The maximum Gasteiger partial charge on any atom is 0.189 e. The fraction of sp³-hybridized carbons (Fsp3) is 0.581. The molecule has 6 aliphatic rings. The summed E-state index contributed by atoms with van der Waals surface area (Å²) in [5, 5.41) is 30.7. The number of hydrogen-bond acceptors (Lipinski definition) is 6. The van der Waals surface area contributed by atoms with Crippen molar-refractivity contribution in [2.45, 2.75) is 75.7 Å². The van der Waals surface area contributed by atoms with Crippen LogP contribution in [0.1, 0.15) is 69.2 Å². The fourth-order valence-corrected chi connectivity index (χ4v) is 10.9. The summed E-state index contributed by atoms with van der Waals surface area (Å²) >= 11 is 1.54. The minimum atomic E-state index is -0.862. The number of aliphatic hydroxyl groups is 2. The van der Waals surface area contributed by atoms with E-state index in [1.54, 1.807) is 0 Å². The molecule has 0 amide bonds. The molecule has 200 valence electrons. The number of benzene rings is 1. The van der Waals surface area contributed by atoms with Crippen LogP contribution in [0.25, 0.3) is 0 Å². The third-order valence-electron chi connectivity index (χ3n) is 11.8. The van der Waals surface area contributed by atoms with Crippen LogP contribution in [0.4, 0.5) is 0 Å². The van der Waals surface area contributed by atoms with Gasteiger partial charge in [-0.05, 0) is 62.2 Å². The Morgan fingerprint density at radius 3 is 2.55 bits per heavy atom. The van der Waals surface area contributed by atoms with E-state index in [0.29, 0.717) is 24.5 Å². The summed E-state index contributed by atoms with van der Waals surface area (Å²) in [6, 6.07) is 9.68. The molecule has 38 heavy (non-hydrogen) atoms. The molecule has 1 aromatic carbocycles. The first kappa shape index (κ1) is 24.8. The van der Waals surface area contributed by atoms with Gasteiger partial charge in [0.15, 0.2) is 10.9 Å². The van der Waals surface area contributed by atoms with Crippen molar-refractivity contribution in [3.63, 3.8) is 0 Å². The summed E-state index contributed by atoms with van der Waals surface area (Å²) in [4.78, 5) is 18.6. The number of Topliss-reactive ketones (excluding diaryl/α,β-unsaturated/α-hetero) is 1. The Balaban J connectivity index is 1.36. The van der Waals surface area contributed by atoms with E-state index in [9.17, 15) is 15.0 Å². The van der Waals surface area contributed by atoms with Gasteiger partial charge in [0, 0.05) is 33.1 Å². The SMILES string of the molecule is CC12CCC(O)CC13C=CC1(C(C(=O)c4ccccc4)=C3)C2CCC2(C)C1CCC2(O)CSc1ncn[nH]1. The largest absolute Gasteiger partial charge is 0.393 e. The van der Waals surface area contributed by atoms with Crippen LogP contribution in [0, 0.1) is 33.5 Å². The van der Waals surface area contributed by atoms with E-state index in [2.05, 4.69) is 47.3 Å². The molecule has 2 spiro atoms. The topological polar surface area (TPSA) is 99.1 Å². The molecule has 1 heterocycles. The number of ketones is 1. The van der Waals surface area contributed by atoms with Gasteiger partial charge in [-0.3, -0.25) is 9.89 Å². The summed E-state index contributed by atoms with van der Waals surface area (Å²) in [7, 11) is 0. The molecule has 8 unspecified atom stereocenters. The van der Waals surface area contributed by atoms with Crippen molar-refractivity contribution in [1.82, 2.24) is 15.2 Å². The molecule has 8 rings (SSSR count). The molecule has 3 N–H and O–H groups in total. The van der Waals surface area contributed by atoms with Crippen LogP contribution >= 0.6 is 11.8 Å². The molecule has 0 aliphatic heterocycles. The fourth-order valence-electron chi connectivity index (χ4n) is 9.77. The number of aliphatic hydroxyl groups excluding tert-OH is 1. The lowest BCUT2D eigenvalue weighted by atomic mass is 9.32. The predicted octanol–water partition coefficient (Wildman–Crippen LogP) is 5.37. The highest BCUT2D eigenvalue weighted by Crippen LogP contribution is 2.78. The van der Waals surface area contributed by atoms with Gasteiger partial charge in [-0.15, -0.1) is 0 Å². The standard InChI is InChI=1S/C31H37N3O3S/c1-27-11-8-21(35)16-29(27)14-15-31(22(17-29)25(36)20-6-4-3-5-7-20)23(27)9-12-28(2)24(31)10-13-30(28,37)18-38-26-32-19-33-34-26/h3-7,14-15,17,19,21,23-24,35,37H,8-13,16,18H2,1-2H3,(H,32,33,34). The monoisotopic (exact) mass is 531 g/mol. The minimum Gasteiger partial charge on any atom is -0.393 e. The smallest absolute Gasteiger partial charge is 0.189 e. The van der Waals surface area contributed by atoms with E-state index in [-0.39, 0.29) is 34.1 Å². The van der Waals surface area contributed by atoms with Gasteiger partial charge in [0.1, 0.15) is 6.33 Å². The van der Waals surface area contributed by atoms with E-state index in [4.69, 9.17) is 0 Å². The van der Waals surface area contributed by atoms with Gasteiger partial charge in [0.2, 0.25) is 0 Å². The maximum atomic E-state index is 14.4. The van der Waals surface area contributed by atoms with Gasteiger partial charge < -0.3 is 10.2 Å². The van der Waals surface area contributed by atoms with Crippen LogP contribution in [0.5, 0.6) is 0 Å². The third-order valence-corrected chi connectivity index (χ3v) is 12.9. The van der Waals surface area contributed by atoms with Crippen LogP contribution in [0.2, 0.25) is 0 Å². The Kier molecular flexibility index (Phi) is 5.32. The first-order chi connectivity index (χ1) is 18.2. The van der Waals surface area contributed by atoms with Gasteiger partial charge in [-0.2, -0.15) is 5.10 Å². The predicted molar refractivity (Wildman–Crippen MR) is 146 cm³/mol. The number of fused-ring (bicyclic) bond motifs is 1. The second-order valence-corrected chi connectivity index (χ2v) is 14.0. The number of H-pyrrole nitrogens is 1. The zero-order chi connectivity index (χ0) is 26.4. The zero-order valence-corrected chi connectivity index (χ0v) is 23.0. The van der Waals surface area contributed by atoms with Gasteiger partial charge in [0.05, 0.1) is 11.7 Å². The summed E-state index contributed by atoms with van der Waals surface area (Å²) in [6.07, 6.45) is 14.1. The third kappa shape index (κ3) is 3.01. The second kappa shape index (κ2) is 8.15.